The van der Waals surface area contributed by atoms with Crippen LogP contribution in [0.3, 0.4) is 0 Å². The van der Waals surface area contributed by atoms with Crippen LogP contribution in [0.4, 0.5) is 8.78 Å². The molecule has 0 amide bonds. The van der Waals surface area contributed by atoms with Gasteiger partial charge < -0.3 is 5.73 Å². The number of halogens is 2. The Morgan fingerprint density at radius 3 is 2.67 bits per heavy atom. The first-order chi connectivity index (χ1) is 8.63. The van der Waals surface area contributed by atoms with E-state index >= 15 is 0 Å². The smallest absolute Gasteiger partial charge is 0.159 e. The van der Waals surface area contributed by atoms with Crippen LogP contribution in [0, 0.1) is 11.6 Å². The van der Waals surface area contributed by atoms with Gasteiger partial charge in [-0.15, -0.1) is 11.3 Å². The number of hydrogen-bond donors (Lipinski definition) is 1. The van der Waals surface area contributed by atoms with Crippen molar-refractivity contribution in [1.82, 2.24) is 4.98 Å². The molecule has 1 aromatic heterocycles. The van der Waals surface area contributed by atoms with E-state index in [1.165, 1.54) is 6.07 Å². The third-order valence-electron chi connectivity index (χ3n) is 3.26. The summed E-state index contributed by atoms with van der Waals surface area (Å²) in [7, 11) is 0. The number of rotatable bonds is 2. The summed E-state index contributed by atoms with van der Waals surface area (Å²) in [5.41, 5.74) is 7.06. The fourth-order valence-corrected chi connectivity index (χ4v) is 3.08. The molecule has 1 aromatic carbocycles. The average molecular weight is 266 g/mol. The average Bonchev–Trinajstić information content (AvgIpc) is 2.78. The molecule has 1 fully saturated rings. The topological polar surface area (TPSA) is 38.9 Å². The third kappa shape index (κ3) is 2.04. The van der Waals surface area contributed by atoms with Gasteiger partial charge in [0.15, 0.2) is 11.6 Å². The molecule has 1 aliphatic carbocycles. The van der Waals surface area contributed by atoms with Gasteiger partial charge in [-0.05, 0) is 31.0 Å². The van der Waals surface area contributed by atoms with Gasteiger partial charge in [-0.2, -0.15) is 0 Å². The first-order valence-corrected chi connectivity index (χ1v) is 6.68. The number of aromatic nitrogens is 1. The first kappa shape index (κ1) is 11.7. The standard InChI is InChI=1S/C13H12F2N2S/c14-10-2-1-7(5-11(10)15)12-6-18-13(17-12)8-3-9(16)4-8/h1-2,5-6,8-9H,3-4,16H2. The summed E-state index contributed by atoms with van der Waals surface area (Å²) < 4.78 is 26.0. The van der Waals surface area contributed by atoms with E-state index in [1.807, 2.05) is 5.38 Å². The molecule has 1 saturated carbocycles. The summed E-state index contributed by atoms with van der Waals surface area (Å²) in [6, 6.07) is 4.14. The molecule has 5 heteroatoms. The fraction of sp³-hybridized carbons (Fsp3) is 0.308. The third-order valence-corrected chi connectivity index (χ3v) is 4.27. The summed E-state index contributed by atoms with van der Waals surface area (Å²) in [6.07, 6.45) is 1.93. The normalized spacial score (nSPS) is 22.8. The Morgan fingerprint density at radius 2 is 2.00 bits per heavy atom. The van der Waals surface area contributed by atoms with Crippen LogP contribution in [-0.2, 0) is 0 Å². The van der Waals surface area contributed by atoms with Gasteiger partial charge in [0, 0.05) is 22.9 Å². The van der Waals surface area contributed by atoms with Crippen molar-refractivity contribution in [2.24, 2.45) is 5.73 Å². The van der Waals surface area contributed by atoms with E-state index in [9.17, 15) is 8.78 Å². The maximum atomic E-state index is 13.1. The molecule has 1 heterocycles. The van der Waals surface area contributed by atoms with Crippen molar-refractivity contribution in [2.45, 2.75) is 24.8 Å². The molecular formula is C13H12F2N2S. The number of nitrogens with zero attached hydrogens (tertiary/aromatic N) is 1. The summed E-state index contributed by atoms with van der Waals surface area (Å²) in [4.78, 5) is 4.48. The zero-order valence-electron chi connectivity index (χ0n) is 9.57. The van der Waals surface area contributed by atoms with Gasteiger partial charge in [0.25, 0.3) is 0 Å². The van der Waals surface area contributed by atoms with Crippen LogP contribution >= 0.6 is 11.3 Å². The maximum absolute atomic E-state index is 13.1. The predicted octanol–water partition coefficient (Wildman–Crippen LogP) is 3.29. The van der Waals surface area contributed by atoms with Crippen LogP contribution in [0.5, 0.6) is 0 Å². The van der Waals surface area contributed by atoms with Crippen LogP contribution < -0.4 is 5.73 Å². The van der Waals surface area contributed by atoms with E-state index in [4.69, 9.17) is 5.73 Å². The molecule has 0 atom stereocenters. The van der Waals surface area contributed by atoms with Gasteiger partial charge in [0.2, 0.25) is 0 Å². The summed E-state index contributed by atoms with van der Waals surface area (Å²) >= 11 is 1.56. The van der Waals surface area contributed by atoms with Crippen molar-refractivity contribution in [1.29, 1.82) is 0 Å². The lowest BCUT2D eigenvalue weighted by Gasteiger charge is -2.30. The number of thiazole rings is 1. The lowest BCUT2D eigenvalue weighted by atomic mass is 9.81. The Balaban J connectivity index is 1.86. The molecule has 0 radical (unpaired) electrons. The van der Waals surface area contributed by atoms with Crippen LogP contribution in [0.25, 0.3) is 11.3 Å². The van der Waals surface area contributed by atoms with E-state index in [-0.39, 0.29) is 6.04 Å². The Labute approximate surface area is 107 Å². The molecule has 0 aliphatic heterocycles. The van der Waals surface area contributed by atoms with E-state index in [1.54, 1.807) is 17.4 Å². The Morgan fingerprint density at radius 1 is 1.22 bits per heavy atom. The van der Waals surface area contributed by atoms with Gasteiger partial charge >= 0.3 is 0 Å². The van der Waals surface area contributed by atoms with Crippen molar-refractivity contribution in [3.63, 3.8) is 0 Å². The molecule has 2 nitrogen and oxygen atoms in total. The van der Waals surface area contributed by atoms with Gasteiger partial charge in [0.05, 0.1) is 10.7 Å². The van der Waals surface area contributed by atoms with Gasteiger partial charge in [-0.1, -0.05) is 0 Å². The fourth-order valence-electron chi connectivity index (χ4n) is 2.13. The second-order valence-corrected chi connectivity index (χ2v) is 5.52. The summed E-state index contributed by atoms with van der Waals surface area (Å²) in [5.74, 6) is -1.24. The molecule has 0 spiro atoms. The highest BCUT2D eigenvalue weighted by Crippen LogP contribution is 2.38. The Bertz CT molecular complexity index is 576. The predicted molar refractivity (Wildman–Crippen MR) is 67.4 cm³/mol. The van der Waals surface area contributed by atoms with Gasteiger partial charge in [-0.3, -0.25) is 0 Å². The highest BCUT2D eigenvalue weighted by Gasteiger charge is 2.29. The van der Waals surface area contributed by atoms with Crippen molar-refractivity contribution < 1.29 is 8.78 Å². The SMILES string of the molecule is NC1CC(c2nc(-c3ccc(F)c(F)c3)cs2)C1. The Hall–Kier alpha value is -1.33. The number of nitrogens with two attached hydrogens (primary N) is 1. The largest absolute Gasteiger partial charge is 0.328 e. The maximum Gasteiger partial charge on any atom is 0.159 e. The first-order valence-electron chi connectivity index (χ1n) is 5.80. The van der Waals surface area contributed by atoms with E-state index in [0.717, 1.165) is 23.9 Å². The number of benzene rings is 1. The molecule has 2 aromatic rings. The van der Waals surface area contributed by atoms with E-state index < -0.39 is 11.6 Å². The molecule has 0 unspecified atom stereocenters. The van der Waals surface area contributed by atoms with Crippen LogP contribution in [0.2, 0.25) is 0 Å². The van der Waals surface area contributed by atoms with Gasteiger partial charge in [0.1, 0.15) is 0 Å². The van der Waals surface area contributed by atoms with E-state index in [0.29, 0.717) is 17.2 Å². The minimum absolute atomic E-state index is 0.283. The summed E-state index contributed by atoms with van der Waals surface area (Å²) in [6.45, 7) is 0. The molecule has 0 saturated heterocycles. The van der Waals surface area contributed by atoms with Crippen molar-refractivity contribution in [3.05, 3.63) is 40.2 Å². The van der Waals surface area contributed by atoms with Crippen LogP contribution in [0.1, 0.15) is 23.8 Å². The van der Waals surface area contributed by atoms with Crippen LogP contribution in [-0.4, -0.2) is 11.0 Å². The number of hydrogen-bond acceptors (Lipinski definition) is 3. The lowest BCUT2D eigenvalue weighted by molar-refractivity contribution is 0.351. The van der Waals surface area contributed by atoms with Crippen molar-refractivity contribution in [3.8, 4) is 11.3 Å². The highest BCUT2D eigenvalue weighted by atomic mass is 32.1. The molecular weight excluding hydrogens is 254 g/mol. The van der Waals surface area contributed by atoms with Crippen molar-refractivity contribution in [2.75, 3.05) is 0 Å². The minimum atomic E-state index is -0.840. The molecule has 94 valence electrons. The molecule has 0 bridgehead atoms. The van der Waals surface area contributed by atoms with Crippen molar-refractivity contribution >= 4 is 11.3 Å². The highest BCUT2D eigenvalue weighted by molar-refractivity contribution is 7.10. The summed E-state index contributed by atoms with van der Waals surface area (Å²) in [5, 5.41) is 2.92. The Kier molecular flexibility index (Phi) is 2.87. The second kappa shape index (κ2) is 4.40. The molecule has 2 N–H and O–H groups in total. The monoisotopic (exact) mass is 266 g/mol. The molecule has 18 heavy (non-hydrogen) atoms. The molecule has 3 rings (SSSR count). The van der Waals surface area contributed by atoms with Gasteiger partial charge in [-0.25, -0.2) is 13.8 Å². The zero-order chi connectivity index (χ0) is 12.7. The van der Waals surface area contributed by atoms with E-state index in [2.05, 4.69) is 4.98 Å². The zero-order valence-corrected chi connectivity index (χ0v) is 10.4. The van der Waals surface area contributed by atoms with Crippen LogP contribution in [0.15, 0.2) is 23.6 Å². The molecule has 1 aliphatic rings. The lowest BCUT2D eigenvalue weighted by Crippen LogP contribution is -2.34. The second-order valence-electron chi connectivity index (χ2n) is 4.63. The quantitative estimate of drug-likeness (QED) is 0.905. The minimum Gasteiger partial charge on any atom is -0.328 e.